The van der Waals surface area contributed by atoms with E-state index in [-0.39, 0.29) is 38.1 Å². The summed E-state index contributed by atoms with van der Waals surface area (Å²) in [5, 5.41) is 20.2. The minimum absolute atomic E-state index is 0.0136. The van der Waals surface area contributed by atoms with E-state index in [2.05, 4.69) is 42.2 Å². The fourth-order valence-electron chi connectivity index (χ4n) is 6.76. The van der Waals surface area contributed by atoms with Crippen molar-refractivity contribution in [2.75, 3.05) is 6.54 Å². The van der Waals surface area contributed by atoms with E-state index in [9.17, 15) is 33.6 Å². The Morgan fingerprint density at radius 3 is 1.89 bits per heavy atom. The van der Waals surface area contributed by atoms with E-state index in [0.29, 0.717) is 0 Å². The molecule has 15 heteroatoms. The van der Waals surface area contributed by atoms with Gasteiger partial charge in [-0.2, -0.15) is 0 Å². The maximum atomic E-state index is 14.2. The molecule has 15 nitrogen and oxygen atoms in total. The van der Waals surface area contributed by atoms with Crippen LogP contribution in [0.1, 0.15) is 84.8 Å². The highest BCUT2D eigenvalue weighted by atomic mass is 16.2. The number of aromatic amines is 1. The smallest absolute Gasteiger partial charge is 0.243 e. The number of H-pyrrole nitrogens is 1. The SMILES string of the molecule is CC(C)C[C@H]1NC(=O)[C@@H]([C@@H](C)c2ccccc2)NC(=O)[C@H](C(C)C)NC(=O)[C@@H](C)NC(=O)CCCNC(=O)[C@@H](Cc2c[nH]c3ccccc23)NC(=O)[C@@H](C)NC1=O. The predicted molar refractivity (Wildman–Crippen MR) is 216 cm³/mol. The van der Waals surface area contributed by atoms with Gasteiger partial charge in [-0.3, -0.25) is 33.6 Å². The monoisotopic (exact) mass is 786 g/mol. The van der Waals surface area contributed by atoms with Crippen molar-refractivity contribution in [3.8, 4) is 0 Å². The van der Waals surface area contributed by atoms with E-state index >= 15 is 0 Å². The first-order valence-electron chi connectivity index (χ1n) is 19.7. The second kappa shape index (κ2) is 20.4. The van der Waals surface area contributed by atoms with Crippen LogP contribution in [0.3, 0.4) is 0 Å². The molecule has 2 aromatic carbocycles. The van der Waals surface area contributed by atoms with Gasteiger partial charge in [-0.05, 0) is 55.7 Å². The van der Waals surface area contributed by atoms with Crippen molar-refractivity contribution in [3.63, 3.8) is 0 Å². The van der Waals surface area contributed by atoms with Crippen LogP contribution in [0.4, 0.5) is 0 Å². The maximum Gasteiger partial charge on any atom is 0.243 e. The fraction of sp³-hybridized carbons (Fsp3) is 0.500. The van der Waals surface area contributed by atoms with E-state index in [4.69, 9.17) is 0 Å². The van der Waals surface area contributed by atoms with E-state index < -0.39 is 89.4 Å². The van der Waals surface area contributed by atoms with E-state index in [1.165, 1.54) is 13.8 Å². The molecule has 7 atom stereocenters. The largest absolute Gasteiger partial charge is 0.361 e. The van der Waals surface area contributed by atoms with Crippen molar-refractivity contribution in [1.82, 2.24) is 42.2 Å². The minimum atomic E-state index is -1.18. The van der Waals surface area contributed by atoms with Gasteiger partial charge in [-0.25, -0.2) is 0 Å². The summed E-state index contributed by atoms with van der Waals surface area (Å²) in [5.74, 6) is -5.05. The predicted octanol–water partition coefficient (Wildman–Crippen LogP) is 2.07. The van der Waals surface area contributed by atoms with Crippen LogP contribution in [-0.4, -0.2) is 89.1 Å². The number of fused-ring (bicyclic) bond motifs is 1. The Labute approximate surface area is 334 Å². The van der Waals surface area contributed by atoms with Crippen LogP contribution in [-0.2, 0) is 40.0 Å². The molecule has 308 valence electrons. The number of aromatic nitrogens is 1. The second-order valence-corrected chi connectivity index (χ2v) is 15.6. The molecule has 0 saturated carbocycles. The van der Waals surface area contributed by atoms with Crippen LogP contribution in [0.25, 0.3) is 10.9 Å². The molecular formula is C42H58N8O7. The van der Waals surface area contributed by atoms with Crippen molar-refractivity contribution < 1.29 is 33.6 Å². The van der Waals surface area contributed by atoms with Crippen molar-refractivity contribution >= 4 is 52.3 Å². The van der Waals surface area contributed by atoms with Crippen LogP contribution in [0.2, 0.25) is 0 Å². The Kier molecular flexibility index (Phi) is 15.8. The first-order valence-corrected chi connectivity index (χ1v) is 19.7. The first-order chi connectivity index (χ1) is 27.0. The molecule has 0 radical (unpaired) electrons. The van der Waals surface area contributed by atoms with Gasteiger partial charge in [0.25, 0.3) is 0 Å². The van der Waals surface area contributed by atoms with Crippen LogP contribution in [0.15, 0.2) is 60.8 Å². The Hall–Kier alpha value is -5.73. The molecule has 1 aliphatic rings. The van der Waals surface area contributed by atoms with Gasteiger partial charge in [0.2, 0.25) is 41.4 Å². The quantitative estimate of drug-likeness (QED) is 0.178. The third-order valence-electron chi connectivity index (χ3n) is 10.1. The molecule has 57 heavy (non-hydrogen) atoms. The average molecular weight is 787 g/mol. The van der Waals surface area contributed by atoms with Crippen LogP contribution < -0.4 is 37.2 Å². The van der Waals surface area contributed by atoms with Gasteiger partial charge < -0.3 is 42.2 Å². The lowest BCUT2D eigenvalue weighted by Crippen LogP contribution is -2.61. The average Bonchev–Trinajstić information content (AvgIpc) is 3.58. The van der Waals surface area contributed by atoms with Gasteiger partial charge in [-0.1, -0.05) is 83.1 Å². The number of hydrogen-bond donors (Lipinski definition) is 8. The molecular weight excluding hydrogens is 729 g/mol. The summed E-state index contributed by atoms with van der Waals surface area (Å²) in [6.45, 7) is 12.1. The van der Waals surface area contributed by atoms with Crippen LogP contribution in [0.5, 0.6) is 0 Å². The zero-order chi connectivity index (χ0) is 41.8. The maximum absolute atomic E-state index is 14.2. The van der Waals surface area contributed by atoms with Crippen LogP contribution >= 0.6 is 0 Å². The number of nitrogens with one attached hydrogen (secondary N) is 8. The third-order valence-corrected chi connectivity index (χ3v) is 10.1. The number of benzene rings is 2. The van der Waals surface area contributed by atoms with Crippen LogP contribution in [0, 0.1) is 11.8 Å². The molecule has 0 aliphatic carbocycles. The highest BCUT2D eigenvalue weighted by Crippen LogP contribution is 2.22. The molecule has 4 rings (SSSR count). The summed E-state index contributed by atoms with van der Waals surface area (Å²) in [7, 11) is 0. The molecule has 7 amide bonds. The van der Waals surface area contributed by atoms with Crippen molar-refractivity contribution in [2.24, 2.45) is 11.8 Å². The third kappa shape index (κ3) is 12.4. The molecule has 1 aliphatic heterocycles. The summed E-state index contributed by atoms with van der Waals surface area (Å²) in [5.41, 5.74) is 2.40. The zero-order valence-electron chi connectivity index (χ0n) is 33.9. The summed E-state index contributed by atoms with van der Waals surface area (Å²) in [6, 6.07) is 10.2. The molecule has 0 unspecified atom stereocenters. The lowest BCUT2D eigenvalue weighted by atomic mass is 9.91. The van der Waals surface area contributed by atoms with Crippen molar-refractivity contribution in [1.29, 1.82) is 0 Å². The van der Waals surface area contributed by atoms with E-state index in [1.807, 2.05) is 68.4 Å². The summed E-state index contributed by atoms with van der Waals surface area (Å²) < 4.78 is 0. The Balaban J connectivity index is 1.66. The number of rotatable bonds is 7. The number of para-hydroxylation sites is 1. The highest BCUT2D eigenvalue weighted by molar-refractivity contribution is 5.97. The van der Waals surface area contributed by atoms with E-state index in [0.717, 1.165) is 22.0 Å². The van der Waals surface area contributed by atoms with Gasteiger partial charge in [-0.15, -0.1) is 0 Å². The van der Waals surface area contributed by atoms with Gasteiger partial charge in [0.05, 0.1) is 0 Å². The summed E-state index contributed by atoms with van der Waals surface area (Å²) in [4.78, 5) is 98.6. The van der Waals surface area contributed by atoms with Crippen molar-refractivity contribution in [3.05, 3.63) is 71.9 Å². The number of carbonyl (C=O) groups is 7. The second-order valence-electron chi connectivity index (χ2n) is 15.6. The molecule has 8 N–H and O–H groups in total. The highest BCUT2D eigenvalue weighted by Gasteiger charge is 2.36. The number of hydrogen-bond acceptors (Lipinski definition) is 7. The lowest BCUT2D eigenvalue weighted by Gasteiger charge is -2.31. The molecule has 1 fully saturated rings. The minimum Gasteiger partial charge on any atom is -0.361 e. The fourth-order valence-corrected chi connectivity index (χ4v) is 6.76. The topological polar surface area (TPSA) is 219 Å². The molecule has 1 saturated heterocycles. The van der Waals surface area contributed by atoms with Gasteiger partial charge >= 0.3 is 0 Å². The first kappa shape index (κ1) is 44.0. The molecule has 0 spiro atoms. The van der Waals surface area contributed by atoms with Gasteiger partial charge in [0.1, 0.15) is 36.3 Å². The standard InChI is InChI=1S/C42H58N8O7/c1-23(2)20-32-40(55)46-27(7)37(52)47-33(21-29-22-44-31-17-12-11-16-30(29)31)39(54)43-19-13-18-34(51)45-26(6)38(53)49-35(24(3)4)41(56)50-36(42(57)48-32)25(5)28-14-9-8-10-15-28/h8-12,14-17,22-27,32-33,35-36,44H,13,18-21H2,1-7H3,(H,43,54)(H,45,51)(H,46,55)(H,47,52)(H,48,57)(H,49,53)(H,50,56)/t25-,26+,27+,32+,33+,35-,36+/m0/s1. The Morgan fingerprint density at radius 1 is 0.614 bits per heavy atom. The normalized spacial score (nSPS) is 24.8. The van der Waals surface area contributed by atoms with Gasteiger partial charge in [0, 0.05) is 42.4 Å². The number of carbonyl (C=O) groups excluding carboxylic acids is 7. The van der Waals surface area contributed by atoms with Gasteiger partial charge in [0.15, 0.2) is 0 Å². The molecule has 0 bridgehead atoms. The Bertz CT molecular complexity index is 1890. The number of amides is 7. The molecule has 2 heterocycles. The molecule has 3 aromatic rings. The van der Waals surface area contributed by atoms with Crippen molar-refractivity contribution in [2.45, 2.75) is 116 Å². The lowest BCUT2D eigenvalue weighted by molar-refractivity contribution is -0.136. The Morgan fingerprint density at radius 2 is 1.21 bits per heavy atom. The van der Waals surface area contributed by atoms with E-state index in [1.54, 1.807) is 27.0 Å². The molecule has 1 aromatic heterocycles. The summed E-state index contributed by atoms with van der Waals surface area (Å²) in [6.07, 6.45) is 2.35. The summed E-state index contributed by atoms with van der Waals surface area (Å²) >= 11 is 0. The zero-order valence-corrected chi connectivity index (χ0v) is 33.9.